The van der Waals surface area contributed by atoms with Crippen molar-refractivity contribution in [3.63, 3.8) is 0 Å². The molecular formula is C17H23N5O3S. The Kier molecular flexibility index (Phi) is 5.87. The summed E-state index contributed by atoms with van der Waals surface area (Å²) in [5.74, 6) is 1.08. The Bertz CT molecular complexity index is 745. The van der Waals surface area contributed by atoms with Gasteiger partial charge in [-0.15, -0.1) is 11.3 Å². The fourth-order valence-electron chi connectivity index (χ4n) is 2.90. The van der Waals surface area contributed by atoms with Crippen molar-refractivity contribution in [2.45, 2.75) is 38.8 Å². The second kappa shape index (κ2) is 8.31. The molecule has 0 aliphatic carbocycles. The van der Waals surface area contributed by atoms with E-state index in [0.717, 1.165) is 24.3 Å². The van der Waals surface area contributed by atoms with E-state index in [0.29, 0.717) is 24.7 Å². The molecule has 2 aromatic heterocycles. The maximum absolute atomic E-state index is 12.5. The van der Waals surface area contributed by atoms with Gasteiger partial charge in [0.05, 0.1) is 11.4 Å². The van der Waals surface area contributed by atoms with Crippen LogP contribution in [-0.4, -0.2) is 58.1 Å². The van der Waals surface area contributed by atoms with Crippen molar-refractivity contribution >= 4 is 23.3 Å². The normalized spacial score (nSPS) is 17.2. The van der Waals surface area contributed by atoms with Crippen LogP contribution in [0, 0.1) is 0 Å². The summed E-state index contributed by atoms with van der Waals surface area (Å²) in [6.07, 6.45) is 2.39. The summed E-state index contributed by atoms with van der Waals surface area (Å²) in [7, 11) is 1.69. The molecule has 1 saturated heterocycles. The third kappa shape index (κ3) is 4.40. The molecule has 1 atom stereocenters. The molecule has 0 bridgehead atoms. The first-order valence-corrected chi connectivity index (χ1v) is 9.60. The summed E-state index contributed by atoms with van der Waals surface area (Å²) in [5.41, 5.74) is 0. The molecule has 1 N–H and O–H groups in total. The van der Waals surface area contributed by atoms with Crippen LogP contribution >= 0.6 is 11.3 Å². The van der Waals surface area contributed by atoms with Crippen LogP contribution in [0.3, 0.4) is 0 Å². The standard InChI is InChI=1S/C17H23N5O3S/c1-3-15-19-14(20-25-15)11-21(2)17(24)18-12-6-4-8-22(10-12)16(23)13-7-5-9-26-13/h5,7,9,12H,3-4,6,8,10-11H2,1-2H3,(H,18,24)/t12-/m1/s1. The van der Waals surface area contributed by atoms with Crippen LogP contribution in [0.4, 0.5) is 4.79 Å². The molecule has 0 aromatic carbocycles. The van der Waals surface area contributed by atoms with Crippen molar-refractivity contribution in [2.75, 3.05) is 20.1 Å². The minimum absolute atomic E-state index is 0.0335. The van der Waals surface area contributed by atoms with Crippen molar-refractivity contribution in [1.82, 2.24) is 25.3 Å². The van der Waals surface area contributed by atoms with Gasteiger partial charge in [0.25, 0.3) is 5.91 Å². The average Bonchev–Trinajstić information content (AvgIpc) is 3.33. The van der Waals surface area contributed by atoms with Crippen molar-refractivity contribution in [3.05, 3.63) is 34.1 Å². The van der Waals surface area contributed by atoms with Gasteiger partial charge in [0.2, 0.25) is 5.89 Å². The number of aromatic nitrogens is 2. The second-order valence-electron chi connectivity index (χ2n) is 6.33. The lowest BCUT2D eigenvalue weighted by molar-refractivity contribution is 0.0699. The Morgan fingerprint density at radius 2 is 2.35 bits per heavy atom. The molecule has 3 rings (SSSR count). The van der Waals surface area contributed by atoms with Gasteiger partial charge in [-0.2, -0.15) is 4.98 Å². The number of piperidine rings is 1. The Morgan fingerprint density at radius 1 is 1.50 bits per heavy atom. The molecule has 140 valence electrons. The monoisotopic (exact) mass is 377 g/mol. The van der Waals surface area contributed by atoms with E-state index >= 15 is 0 Å². The summed E-state index contributed by atoms with van der Waals surface area (Å²) in [6, 6.07) is 3.44. The average molecular weight is 377 g/mol. The molecule has 0 spiro atoms. The molecule has 3 heterocycles. The molecule has 2 aromatic rings. The van der Waals surface area contributed by atoms with E-state index in [-0.39, 0.29) is 24.5 Å². The van der Waals surface area contributed by atoms with Crippen LogP contribution in [0.25, 0.3) is 0 Å². The number of amides is 3. The summed E-state index contributed by atoms with van der Waals surface area (Å²) >= 11 is 1.44. The first kappa shape index (κ1) is 18.4. The van der Waals surface area contributed by atoms with Crippen molar-refractivity contribution < 1.29 is 14.1 Å². The smallest absolute Gasteiger partial charge is 0.317 e. The van der Waals surface area contributed by atoms with Gasteiger partial charge < -0.3 is 19.6 Å². The highest BCUT2D eigenvalue weighted by Gasteiger charge is 2.27. The maximum Gasteiger partial charge on any atom is 0.317 e. The van der Waals surface area contributed by atoms with Crippen LogP contribution in [0.5, 0.6) is 0 Å². The quantitative estimate of drug-likeness (QED) is 0.862. The number of likely N-dealkylation sites (tertiary alicyclic amines) is 1. The van der Waals surface area contributed by atoms with Crippen LogP contribution in [0.2, 0.25) is 0 Å². The zero-order chi connectivity index (χ0) is 18.5. The highest BCUT2D eigenvalue weighted by molar-refractivity contribution is 7.12. The predicted molar refractivity (Wildman–Crippen MR) is 96.9 cm³/mol. The number of nitrogens with one attached hydrogen (secondary N) is 1. The zero-order valence-corrected chi connectivity index (χ0v) is 15.8. The molecule has 3 amide bonds. The Morgan fingerprint density at radius 3 is 3.04 bits per heavy atom. The van der Waals surface area contributed by atoms with E-state index in [1.165, 1.54) is 16.2 Å². The number of hydrogen-bond acceptors (Lipinski definition) is 6. The third-order valence-electron chi connectivity index (χ3n) is 4.31. The van der Waals surface area contributed by atoms with E-state index < -0.39 is 0 Å². The first-order valence-electron chi connectivity index (χ1n) is 8.72. The Hall–Kier alpha value is -2.42. The van der Waals surface area contributed by atoms with E-state index in [9.17, 15) is 9.59 Å². The molecule has 1 fully saturated rings. The van der Waals surface area contributed by atoms with Crippen LogP contribution in [0.15, 0.2) is 22.0 Å². The minimum Gasteiger partial charge on any atom is -0.339 e. The summed E-state index contributed by atoms with van der Waals surface area (Å²) in [6.45, 7) is 3.46. The number of carbonyl (C=O) groups is 2. The fraction of sp³-hybridized carbons (Fsp3) is 0.529. The number of rotatable bonds is 5. The maximum atomic E-state index is 12.5. The van der Waals surface area contributed by atoms with Crippen molar-refractivity contribution in [3.8, 4) is 0 Å². The molecule has 26 heavy (non-hydrogen) atoms. The van der Waals surface area contributed by atoms with Crippen LogP contribution < -0.4 is 5.32 Å². The Balaban J connectivity index is 1.52. The molecule has 8 nitrogen and oxygen atoms in total. The van der Waals surface area contributed by atoms with Gasteiger partial charge in [-0.1, -0.05) is 18.1 Å². The Labute approximate surface area is 156 Å². The molecule has 1 aliphatic rings. The van der Waals surface area contributed by atoms with Gasteiger partial charge in [-0.3, -0.25) is 4.79 Å². The van der Waals surface area contributed by atoms with Crippen LogP contribution in [-0.2, 0) is 13.0 Å². The summed E-state index contributed by atoms with van der Waals surface area (Å²) in [4.78, 5) is 33.2. The van der Waals surface area contributed by atoms with Gasteiger partial charge in [0, 0.05) is 32.6 Å². The van der Waals surface area contributed by atoms with Gasteiger partial charge in [0.15, 0.2) is 5.82 Å². The number of thiophene rings is 1. The van der Waals surface area contributed by atoms with Crippen molar-refractivity contribution in [1.29, 1.82) is 0 Å². The number of carbonyl (C=O) groups excluding carboxylic acids is 2. The summed E-state index contributed by atoms with van der Waals surface area (Å²) < 4.78 is 5.06. The number of urea groups is 1. The topological polar surface area (TPSA) is 91.6 Å². The largest absolute Gasteiger partial charge is 0.339 e. The first-order chi connectivity index (χ1) is 12.6. The van der Waals surface area contributed by atoms with Crippen LogP contribution in [0.1, 0.15) is 41.2 Å². The fourth-order valence-corrected chi connectivity index (χ4v) is 3.59. The van der Waals surface area contributed by atoms with E-state index in [1.807, 2.05) is 29.3 Å². The zero-order valence-electron chi connectivity index (χ0n) is 15.0. The number of nitrogens with zero attached hydrogens (tertiary/aromatic N) is 4. The van der Waals surface area contributed by atoms with Gasteiger partial charge in [-0.05, 0) is 24.3 Å². The lowest BCUT2D eigenvalue weighted by atomic mass is 10.1. The third-order valence-corrected chi connectivity index (χ3v) is 5.16. The highest BCUT2D eigenvalue weighted by Crippen LogP contribution is 2.17. The van der Waals surface area contributed by atoms with E-state index in [4.69, 9.17) is 4.52 Å². The van der Waals surface area contributed by atoms with E-state index in [1.54, 1.807) is 7.05 Å². The van der Waals surface area contributed by atoms with Gasteiger partial charge in [0.1, 0.15) is 0 Å². The molecular weight excluding hydrogens is 354 g/mol. The SMILES string of the molecule is CCc1nc(CN(C)C(=O)N[C@@H]2CCCN(C(=O)c3cccs3)C2)no1. The molecule has 0 saturated carbocycles. The van der Waals surface area contributed by atoms with Gasteiger partial charge in [-0.25, -0.2) is 4.79 Å². The number of aryl methyl sites for hydroxylation is 1. The lowest BCUT2D eigenvalue weighted by Crippen LogP contribution is -2.52. The van der Waals surface area contributed by atoms with Gasteiger partial charge >= 0.3 is 6.03 Å². The molecule has 0 unspecified atom stereocenters. The summed E-state index contributed by atoms with van der Waals surface area (Å²) in [5, 5.41) is 8.76. The minimum atomic E-state index is -0.205. The highest BCUT2D eigenvalue weighted by atomic mass is 32.1. The van der Waals surface area contributed by atoms with E-state index in [2.05, 4.69) is 15.5 Å². The molecule has 9 heteroatoms. The number of hydrogen-bond donors (Lipinski definition) is 1. The lowest BCUT2D eigenvalue weighted by Gasteiger charge is -2.33. The molecule has 1 aliphatic heterocycles. The second-order valence-corrected chi connectivity index (χ2v) is 7.28. The molecule has 0 radical (unpaired) electrons. The predicted octanol–water partition coefficient (Wildman–Crippen LogP) is 2.14. The van der Waals surface area contributed by atoms with Crippen molar-refractivity contribution in [2.24, 2.45) is 0 Å².